The number of hydrogen-bond donors (Lipinski definition) is 1. The molecule has 1 aliphatic heterocycles. The van der Waals surface area contributed by atoms with E-state index in [4.69, 9.17) is 5.73 Å². The van der Waals surface area contributed by atoms with Crippen LogP contribution in [0.4, 0.5) is 5.82 Å². The second kappa shape index (κ2) is 4.97. The molecule has 1 aromatic rings. The van der Waals surface area contributed by atoms with Gasteiger partial charge in [-0.1, -0.05) is 0 Å². The number of nitrogens with zero attached hydrogens (tertiary/aromatic N) is 4. The van der Waals surface area contributed by atoms with Crippen LogP contribution in [0.25, 0.3) is 0 Å². The number of piperazine rings is 1. The average Bonchev–Trinajstić information content (AvgIpc) is 2.71. The Morgan fingerprint density at radius 2 is 1.94 bits per heavy atom. The first-order chi connectivity index (χ1) is 8.49. The molecule has 0 saturated carbocycles. The van der Waals surface area contributed by atoms with Crippen LogP contribution in [0.3, 0.4) is 0 Å². The van der Waals surface area contributed by atoms with Crippen molar-refractivity contribution in [3.8, 4) is 0 Å². The van der Waals surface area contributed by atoms with Gasteiger partial charge in [0.1, 0.15) is 5.82 Å². The molecule has 0 spiro atoms. The van der Waals surface area contributed by atoms with Crippen molar-refractivity contribution in [1.82, 2.24) is 19.6 Å². The zero-order valence-electron chi connectivity index (χ0n) is 11.3. The maximum atomic E-state index is 12.3. The fraction of sp³-hybridized carbons (Fsp3) is 0.667. The number of aromatic nitrogens is 2. The first-order valence-electron chi connectivity index (χ1n) is 6.32. The monoisotopic (exact) mass is 251 g/mol. The van der Waals surface area contributed by atoms with E-state index in [1.54, 1.807) is 10.7 Å². The Morgan fingerprint density at radius 1 is 1.33 bits per heavy atom. The molecule has 0 atom stereocenters. The molecular weight excluding hydrogens is 230 g/mol. The Hall–Kier alpha value is -1.56. The summed E-state index contributed by atoms with van der Waals surface area (Å²) in [5, 5.41) is 4.29. The van der Waals surface area contributed by atoms with E-state index in [-0.39, 0.29) is 11.9 Å². The van der Waals surface area contributed by atoms with Crippen LogP contribution in [0.15, 0.2) is 6.07 Å². The molecule has 1 saturated heterocycles. The number of amides is 1. The second-order valence-corrected chi connectivity index (χ2v) is 5.09. The lowest BCUT2D eigenvalue weighted by atomic mass is 10.3. The van der Waals surface area contributed by atoms with Crippen LogP contribution < -0.4 is 5.73 Å². The van der Waals surface area contributed by atoms with Crippen LogP contribution in [0.5, 0.6) is 0 Å². The SMILES string of the molecule is CC(C)n1nc(C(=O)N2CCN(C)CC2)cc1N. The molecule has 2 rings (SSSR count). The highest BCUT2D eigenvalue weighted by Gasteiger charge is 2.23. The Kier molecular flexibility index (Phi) is 3.56. The van der Waals surface area contributed by atoms with Gasteiger partial charge in [-0.25, -0.2) is 4.68 Å². The van der Waals surface area contributed by atoms with Crippen molar-refractivity contribution >= 4 is 11.7 Å². The van der Waals surface area contributed by atoms with Gasteiger partial charge in [0.05, 0.1) is 0 Å². The molecule has 0 bridgehead atoms. The first kappa shape index (κ1) is 12.9. The third kappa shape index (κ3) is 2.48. The smallest absolute Gasteiger partial charge is 0.274 e. The molecule has 2 N–H and O–H groups in total. The minimum Gasteiger partial charge on any atom is -0.384 e. The lowest BCUT2D eigenvalue weighted by Gasteiger charge is -2.31. The predicted molar refractivity (Wildman–Crippen MR) is 70.4 cm³/mol. The minimum atomic E-state index is -0.0193. The van der Waals surface area contributed by atoms with Crippen LogP contribution in [0, 0.1) is 0 Å². The number of carbonyl (C=O) groups excluding carboxylic acids is 1. The van der Waals surface area contributed by atoms with Crippen molar-refractivity contribution in [1.29, 1.82) is 0 Å². The van der Waals surface area contributed by atoms with Gasteiger partial charge in [-0.15, -0.1) is 0 Å². The number of rotatable bonds is 2. The van der Waals surface area contributed by atoms with Gasteiger partial charge in [0, 0.05) is 38.3 Å². The molecule has 18 heavy (non-hydrogen) atoms. The quantitative estimate of drug-likeness (QED) is 0.828. The van der Waals surface area contributed by atoms with E-state index in [0.29, 0.717) is 11.5 Å². The molecule has 100 valence electrons. The van der Waals surface area contributed by atoms with E-state index in [0.717, 1.165) is 26.2 Å². The predicted octanol–water partition coefficient (Wildman–Crippen LogP) is 0.434. The van der Waals surface area contributed by atoms with E-state index < -0.39 is 0 Å². The molecule has 6 heteroatoms. The summed E-state index contributed by atoms with van der Waals surface area (Å²) in [6, 6.07) is 1.83. The summed E-state index contributed by atoms with van der Waals surface area (Å²) in [4.78, 5) is 16.3. The van der Waals surface area contributed by atoms with E-state index in [2.05, 4.69) is 17.0 Å². The molecule has 2 heterocycles. The molecule has 1 fully saturated rings. The van der Waals surface area contributed by atoms with Gasteiger partial charge in [0.25, 0.3) is 5.91 Å². The first-order valence-corrected chi connectivity index (χ1v) is 6.32. The molecular formula is C12H21N5O. The van der Waals surface area contributed by atoms with Gasteiger partial charge in [0.15, 0.2) is 5.69 Å². The van der Waals surface area contributed by atoms with Crippen LogP contribution in [0.2, 0.25) is 0 Å². The Morgan fingerprint density at radius 3 is 2.44 bits per heavy atom. The Balaban J connectivity index is 2.11. The van der Waals surface area contributed by atoms with Gasteiger partial charge in [-0.05, 0) is 20.9 Å². The number of nitrogens with two attached hydrogens (primary N) is 1. The van der Waals surface area contributed by atoms with E-state index in [1.807, 2.05) is 18.7 Å². The molecule has 0 unspecified atom stereocenters. The number of nitrogen functional groups attached to an aromatic ring is 1. The summed E-state index contributed by atoms with van der Waals surface area (Å²) < 4.78 is 1.68. The summed E-state index contributed by atoms with van der Waals surface area (Å²) in [5.41, 5.74) is 6.30. The molecule has 0 aromatic carbocycles. The van der Waals surface area contributed by atoms with Crippen LogP contribution in [-0.2, 0) is 0 Å². The van der Waals surface area contributed by atoms with Crippen molar-refractivity contribution in [3.05, 3.63) is 11.8 Å². The number of likely N-dealkylation sites (N-methyl/N-ethyl adjacent to an activating group) is 1. The van der Waals surface area contributed by atoms with Crippen molar-refractivity contribution in [3.63, 3.8) is 0 Å². The molecule has 6 nitrogen and oxygen atoms in total. The highest BCUT2D eigenvalue weighted by molar-refractivity contribution is 5.93. The van der Waals surface area contributed by atoms with Crippen molar-refractivity contribution < 1.29 is 4.79 Å². The maximum Gasteiger partial charge on any atom is 0.274 e. The fourth-order valence-corrected chi connectivity index (χ4v) is 2.10. The van der Waals surface area contributed by atoms with E-state index in [1.165, 1.54) is 0 Å². The summed E-state index contributed by atoms with van der Waals surface area (Å²) in [6.07, 6.45) is 0. The summed E-state index contributed by atoms with van der Waals surface area (Å²) in [7, 11) is 2.06. The third-order valence-electron chi connectivity index (χ3n) is 3.26. The van der Waals surface area contributed by atoms with Gasteiger partial charge in [-0.3, -0.25) is 4.79 Å². The zero-order valence-corrected chi connectivity index (χ0v) is 11.3. The van der Waals surface area contributed by atoms with Gasteiger partial charge in [0.2, 0.25) is 0 Å². The lowest BCUT2D eigenvalue weighted by molar-refractivity contribution is 0.0657. The maximum absolute atomic E-state index is 12.3. The summed E-state index contributed by atoms with van der Waals surface area (Å²) in [6.45, 7) is 7.31. The normalized spacial score (nSPS) is 17.4. The number of carbonyl (C=O) groups is 1. The van der Waals surface area contributed by atoms with E-state index in [9.17, 15) is 4.79 Å². The van der Waals surface area contributed by atoms with E-state index >= 15 is 0 Å². The van der Waals surface area contributed by atoms with Crippen LogP contribution in [0.1, 0.15) is 30.4 Å². The molecule has 0 aliphatic carbocycles. The van der Waals surface area contributed by atoms with Crippen LogP contribution >= 0.6 is 0 Å². The van der Waals surface area contributed by atoms with Crippen molar-refractivity contribution in [2.45, 2.75) is 19.9 Å². The fourth-order valence-electron chi connectivity index (χ4n) is 2.10. The molecule has 1 amide bonds. The lowest BCUT2D eigenvalue weighted by Crippen LogP contribution is -2.47. The van der Waals surface area contributed by atoms with Crippen LogP contribution in [-0.4, -0.2) is 58.7 Å². The largest absolute Gasteiger partial charge is 0.384 e. The van der Waals surface area contributed by atoms with Gasteiger partial charge in [-0.2, -0.15) is 5.10 Å². The Labute approximate surface area is 107 Å². The minimum absolute atomic E-state index is 0.0193. The third-order valence-corrected chi connectivity index (χ3v) is 3.26. The van der Waals surface area contributed by atoms with Crippen molar-refractivity contribution in [2.24, 2.45) is 0 Å². The highest BCUT2D eigenvalue weighted by atomic mass is 16.2. The zero-order chi connectivity index (χ0) is 13.3. The van der Waals surface area contributed by atoms with Gasteiger partial charge >= 0.3 is 0 Å². The van der Waals surface area contributed by atoms with Crippen molar-refractivity contribution in [2.75, 3.05) is 39.0 Å². The summed E-state index contributed by atoms with van der Waals surface area (Å²) >= 11 is 0. The number of hydrogen-bond acceptors (Lipinski definition) is 4. The second-order valence-electron chi connectivity index (χ2n) is 5.09. The number of anilines is 1. The average molecular weight is 251 g/mol. The highest BCUT2D eigenvalue weighted by Crippen LogP contribution is 2.15. The van der Waals surface area contributed by atoms with Gasteiger partial charge < -0.3 is 15.5 Å². The molecule has 1 aromatic heterocycles. The molecule has 0 radical (unpaired) electrons. The topological polar surface area (TPSA) is 67.4 Å². The standard InChI is InChI=1S/C12H21N5O/c1-9(2)17-11(13)8-10(14-17)12(18)16-6-4-15(3)5-7-16/h8-9H,4-7,13H2,1-3H3. The molecule has 1 aliphatic rings. The Bertz CT molecular complexity index is 432. The summed E-state index contributed by atoms with van der Waals surface area (Å²) in [5.74, 6) is 0.525.